The maximum absolute atomic E-state index is 12.3. The Hall–Kier alpha value is -2.62. The number of carbonyl (C=O) groups is 3. The fourth-order valence-corrected chi connectivity index (χ4v) is 2.83. The largest absolute Gasteiger partial charge is 0.443 e. The van der Waals surface area contributed by atoms with Gasteiger partial charge < -0.3 is 9.32 Å². The molecule has 2 rings (SSSR count). The van der Waals surface area contributed by atoms with Gasteiger partial charge in [-0.25, -0.2) is 0 Å². The highest BCUT2D eigenvalue weighted by Gasteiger charge is 2.28. The number of nitrogens with one attached hydrogen (secondary N) is 1. The number of rotatable bonds is 3. The molecule has 0 aliphatic carbocycles. The molecule has 1 aliphatic heterocycles. The number of carbonyl (C=O) groups excluding carboxylic acids is 3. The number of amides is 2. The number of nitrogens with zero attached hydrogens (tertiary/aromatic N) is 2. The summed E-state index contributed by atoms with van der Waals surface area (Å²) in [4.78, 5) is 36.9. The van der Waals surface area contributed by atoms with Crippen molar-refractivity contribution in [2.75, 3.05) is 18.4 Å². The molecular formula is C16H19N3O4. The first-order valence-corrected chi connectivity index (χ1v) is 7.46. The van der Waals surface area contributed by atoms with Crippen LogP contribution >= 0.6 is 0 Å². The van der Waals surface area contributed by atoms with Crippen molar-refractivity contribution in [3.63, 3.8) is 0 Å². The van der Waals surface area contributed by atoms with Crippen molar-refractivity contribution in [2.24, 2.45) is 5.92 Å². The van der Waals surface area contributed by atoms with Gasteiger partial charge >= 0.3 is 0 Å². The number of Topliss-reactive ketones (excluding diaryl/α,β-unsaturated/α-hetero) is 1. The zero-order valence-electron chi connectivity index (χ0n) is 13.4. The van der Waals surface area contributed by atoms with Gasteiger partial charge in [-0.3, -0.25) is 19.7 Å². The Kier molecular flexibility index (Phi) is 4.84. The molecule has 1 N–H and O–H groups in total. The molecule has 1 aromatic heterocycles. The lowest BCUT2D eigenvalue weighted by Crippen LogP contribution is -2.40. The molecule has 0 atom stereocenters. The molecule has 0 radical (unpaired) electrons. The number of furan rings is 1. The average molecular weight is 317 g/mol. The number of anilines is 1. The standard InChI is InChI=1S/C16H19N3O4/c1-9(20)14-10(2)23-16(13(14)8-17)18-15(22)12-4-6-19(7-5-12)11(3)21/h12H,4-7H2,1-3H3,(H,18,22). The summed E-state index contributed by atoms with van der Waals surface area (Å²) in [7, 11) is 0. The van der Waals surface area contributed by atoms with E-state index in [2.05, 4.69) is 5.32 Å². The van der Waals surface area contributed by atoms with Crippen LogP contribution in [0.15, 0.2) is 4.42 Å². The molecule has 2 heterocycles. The maximum atomic E-state index is 12.3. The molecule has 0 unspecified atom stereocenters. The van der Waals surface area contributed by atoms with E-state index in [0.29, 0.717) is 31.7 Å². The predicted molar refractivity (Wildman–Crippen MR) is 81.8 cm³/mol. The summed E-state index contributed by atoms with van der Waals surface area (Å²) >= 11 is 0. The molecule has 1 saturated heterocycles. The number of piperidine rings is 1. The minimum absolute atomic E-state index is 0.00313. The van der Waals surface area contributed by atoms with Crippen LogP contribution in [0, 0.1) is 24.2 Å². The Morgan fingerprint density at radius 3 is 2.35 bits per heavy atom. The Bertz CT molecular complexity index is 691. The van der Waals surface area contributed by atoms with Crippen molar-refractivity contribution < 1.29 is 18.8 Å². The van der Waals surface area contributed by atoms with E-state index in [1.54, 1.807) is 11.8 Å². The zero-order valence-corrected chi connectivity index (χ0v) is 13.4. The lowest BCUT2D eigenvalue weighted by molar-refractivity contribution is -0.132. The molecule has 7 nitrogen and oxygen atoms in total. The lowest BCUT2D eigenvalue weighted by Gasteiger charge is -2.30. The molecule has 122 valence electrons. The summed E-state index contributed by atoms with van der Waals surface area (Å²) in [6, 6.07) is 1.91. The summed E-state index contributed by atoms with van der Waals surface area (Å²) in [6.07, 6.45) is 1.12. The van der Waals surface area contributed by atoms with Gasteiger partial charge in [-0.15, -0.1) is 0 Å². The second kappa shape index (κ2) is 6.65. The Balaban J connectivity index is 2.10. The van der Waals surface area contributed by atoms with Crippen molar-refractivity contribution in [2.45, 2.75) is 33.6 Å². The van der Waals surface area contributed by atoms with Crippen molar-refractivity contribution in [3.05, 3.63) is 16.9 Å². The predicted octanol–water partition coefficient (Wildman–Crippen LogP) is 1.86. The highest BCUT2D eigenvalue weighted by atomic mass is 16.4. The van der Waals surface area contributed by atoms with Crippen LogP contribution in [-0.4, -0.2) is 35.6 Å². The number of nitriles is 1. The minimum atomic E-state index is -0.280. The molecule has 0 saturated carbocycles. The minimum Gasteiger partial charge on any atom is -0.443 e. The van der Waals surface area contributed by atoms with E-state index in [9.17, 15) is 19.6 Å². The molecule has 0 bridgehead atoms. The molecule has 23 heavy (non-hydrogen) atoms. The fourth-order valence-electron chi connectivity index (χ4n) is 2.83. The van der Waals surface area contributed by atoms with Gasteiger partial charge in [0.2, 0.25) is 17.7 Å². The van der Waals surface area contributed by atoms with Gasteiger partial charge in [0.15, 0.2) is 5.78 Å². The first-order chi connectivity index (χ1) is 10.8. The van der Waals surface area contributed by atoms with E-state index < -0.39 is 0 Å². The van der Waals surface area contributed by atoms with Crippen molar-refractivity contribution in [1.29, 1.82) is 5.26 Å². The van der Waals surface area contributed by atoms with Crippen molar-refractivity contribution in [1.82, 2.24) is 4.90 Å². The fraction of sp³-hybridized carbons (Fsp3) is 0.500. The number of hydrogen-bond donors (Lipinski definition) is 1. The third-order valence-corrected chi connectivity index (χ3v) is 4.10. The quantitative estimate of drug-likeness (QED) is 0.857. The first kappa shape index (κ1) is 16.7. The van der Waals surface area contributed by atoms with E-state index in [1.165, 1.54) is 13.8 Å². The van der Waals surface area contributed by atoms with Gasteiger partial charge in [-0.2, -0.15) is 5.26 Å². The van der Waals surface area contributed by atoms with E-state index >= 15 is 0 Å². The van der Waals surface area contributed by atoms with Crippen LogP contribution in [-0.2, 0) is 9.59 Å². The van der Waals surface area contributed by atoms with Gasteiger partial charge in [-0.1, -0.05) is 0 Å². The van der Waals surface area contributed by atoms with E-state index in [-0.39, 0.29) is 40.5 Å². The Morgan fingerprint density at radius 1 is 1.26 bits per heavy atom. The molecule has 1 aromatic rings. The monoisotopic (exact) mass is 317 g/mol. The number of aryl methyl sites for hydroxylation is 1. The Labute approximate surface area is 134 Å². The third kappa shape index (κ3) is 3.42. The number of ketones is 1. The lowest BCUT2D eigenvalue weighted by atomic mass is 9.96. The van der Waals surface area contributed by atoms with Crippen LogP contribution in [0.4, 0.5) is 5.88 Å². The molecule has 2 amide bonds. The van der Waals surface area contributed by atoms with Crippen LogP contribution in [0.2, 0.25) is 0 Å². The van der Waals surface area contributed by atoms with E-state index in [0.717, 1.165) is 0 Å². The topological polar surface area (TPSA) is 103 Å². The number of hydrogen-bond acceptors (Lipinski definition) is 5. The summed E-state index contributed by atoms with van der Waals surface area (Å²) in [6.45, 7) is 5.51. The second-order valence-electron chi connectivity index (χ2n) is 5.67. The SMILES string of the molecule is CC(=O)c1c(C)oc(NC(=O)C2CCN(C(C)=O)CC2)c1C#N. The Morgan fingerprint density at radius 2 is 1.87 bits per heavy atom. The maximum Gasteiger partial charge on any atom is 0.229 e. The summed E-state index contributed by atoms with van der Waals surface area (Å²) in [5.74, 6) is -0.441. The second-order valence-corrected chi connectivity index (χ2v) is 5.67. The highest BCUT2D eigenvalue weighted by Crippen LogP contribution is 2.28. The average Bonchev–Trinajstić information content (AvgIpc) is 2.82. The molecular weight excluding hydrogens is 298 g/mol. The first-order valence-electron chi connectivity index (χ1n) is 7.46. The molecule has 1 aliphatic rings. The normalized spacial score (nSPS) is 15.1. The van der Waals surface area contributed by atoms with Gasteiger partial charge in [-0.05, 0) is 26.7 Å². The van der Waals surface area contributed by atoms with Crippen LogP contribution in [0.1, 0.15) is 48.4 Å². The van der Waals surface area contributed by atoms with Gasteiger partial charge in [0, 0.05) is 25.9 Å². The highest BCUT2D eigenvalue weighted by molar-refractivity contribution is 6.01. The van der Waals surface area contributed by atoms with Gasteiger partial charge in [0.25, 0.3) is 0 Å². The van der Waals surface area contributed by atoms with Crippen molar-refractivity contribution >= 4 is 23.5 Å². The smallest absolute Gasteiger partial charge is 0.229 e. The van der Waals surface area contributed by atoms with Crippen LogP contribution in [0.3, 0.4) is 0 Å². The van der Waals surface area contributed by atoms with E-state index in [4.69, 9.17) is 4.42 Å². The molecule has 7 heteroatoms. The van der Waals surface area contributed by atoms with E-state index in [1.807, 2.05) is 6.07 Å². The summed E-state index contributed by atoms with van der Waals surface area (Å²) < 4.78 is 5.38. The molecule has 0 spiro atoms. The third-order valence-electron chi connectivity index (χ3n) is 4.10. The van der Waals surface area contributed by atoms with Gasteiger partial charge in [0.05, 0.1) is 5.56 Å². The van der Waals surface area contributed by atoms with Gasteiger partial charge in [0.1, 0.15) is 17.4 Å². The summed E-state index contributed by atoms with van der Waals surface area (Å²) in [5, 5.41) is 11.8. The summed E-state index contributed by atoms with van der Waals surface area (Å²) in [5.41, 5.74) is 0.263. The molecule has 1 fully saturated rings. The van der Waals surface area contributed by atoms with Crippen LogP contribution in [0.5, 0.6) is 0 Å². The zero-order chi connectivity index (χ0) is 17.1. The van der Waals surface area contributed by atoms with Crippen LogP contribution < -0.4 is 5.32 Å². The molecule has 0 aromatic carbocycles. The van der Waals surface area contributed by atoms with Crippen molar-refractivity contribution in [3.8, 4) is 6.07 Å². The number of likely N-dealkylation sites (tertiary alicyclic amines) is 1. The van der Waals surface area contributed by atoms with Crippen LogP contribution in [0.25, 0.3) is 0 Å².